The third-order valence-electron chi connectivity index (χ3n) is 23.7. The Bertz CT molecular complexity index is 5130. The Balaban J connectivity index is 1.21. The van der Waals surface area contributed by atoms with Crippen LogP contribution in [0.5, 0.6) is 0 Å². The molecule has 0 radical (unpaired) electrons. The van der Waals surface area contributed by atoms with E-state index in [1.54, 1.807) is 119 Å². The van der Waals surface area contributed by atoms with Crippen LogP contribution in [0.4, 0.5) is 0 Å². The van der Waals surface area contributed by atoms with Crippen LogP contribution in [0.15, 0.2) is 104 Å². The SMILES string of the molecule is CCCC[C@H]1C(=O)N(C)[C@@H](CCCC)C(=O)N[C@@H](CC(C)C)C(=O)N[C@H](C(=O)NCC(N)=O)CSCC(=O)N[C@@H](Cc2ccccc2)C(=O)N(C)[C@@H](C)C(=O)N[C@@H](CC(N)=O)C(=O)N2CCC[C@H]2C(=O)N[C@@H](Cc2cnc[nH]2)C(=O)N[C@@H](CC(C)C)C(=O)N[C@@H](CO)C(=O)N[C@@H](Cc2c[nH]c3ccccc23)C(=O)N[C@@H](CCCNC(=N)N)C(=O)N[C@@H](Cc2c[nH]c3ccccc23)C(=O)N1C. The molecule has 8 rings (SSSR count). The van der Waals surface area contributed by atoms with Crippen molar-refractivity contribution in [2.45, 2.75) is 242 Å². The number of nitrogens with two attached hydrogens (primary N) is 3. The van der Waals surface area contributed by atoms with Gasteiger partial charge in [0.05, 0.1) is 31.7 Å². The second-order valence-corrected chi connectivity index (χ2v) is 36.1. The van der Waals surface area contributed by atoms with Gasteiger partial charge in [-0.3, -0.25) is 86.9 Å². The molecule has 3 aromatic heterocycles. The topological polar surface area (TPSA) is 630 Å². The average molecular weight is 1890 g/mol. The Morgan fingerprint density at radius 1 is 0.511 bits per heavy atom. The van der Waals surface area contributed by atoms with Crippen LogP contribution in [0.2, 0.25) is 0 Å². The molecule has 0 bridgehead atoms. The summed E-state index contributed by atoms with van der Waals surface area (Å²) in [5.74, 6) is -17.5. The Morgan fingerprint density at radius 3 is 1.59 bits per heavy atom. The molecule has 0 unspecified atom stereocenters. The Labute approximate surface area is 787 Å². The molecule has 17 amide bonds. The maximum atomic E-state index is 15.9. The van der Waals surface area contributed by atoms with Crippen LogP contribution in [0.25, 0.3) is 21.8 Å². The maximum absolute atomic E-state index is 15.9. The van der Waals surface area contributed by atoms with Crippen LogP contribution in [0, 0.1) is 17.2 Å². The molecule has 2 saturated heterocycles. The van der Waals surface area contributed by atoms with E-state index in [0.717, 1.165) is 21.6 Å². The number of benzene rings is 3. The van der Waals surface area contributed by atoms with Gasteiger partial charge in [0, 0.05) is 112 Å². The number of rotatable bonds is 28. The number of nitrogens with one attached hydrogen (secondary N) is 16. The molecule has 0 saturated carbocycles. The fraction of sp³-hybridized carbons (Fsp3) is 0.533. The fourth-order valence-corrected chi connectivity index (χ4v) is 17.1. The van der Waals surface area contributed by atoms with Crippen LogP contribution in [0.1, 0.15) is 154 Å². The van der Waals surface area contributed by atoms with Crippen LogP contribution in [-0.4, -0.2) is 294 Å². The van der Waals surface area contributed by atoms with Crippen molar-refractivity contribution in [3.63, 3.8) is 0 Å². The predicted molar refractivity (Wildman–Crippen MR) is 503 cm³/mol. The lowest BCUT2D eigenvalue weighted by atomic mass is 9.99. The van der Waals surface area contributed by atoms with Gasteiger partial charge >= 0.3 is 0 Å². The second-order valence-electron chi connectivity index (χ2n) is 35.1. The first-order valence-electron chi connectivity index (χ1n) is 45.7. The van der Waals surface area contributed by atoms with Crippen LogP contribution < -0.4 is 81.0 Å². The summed E-state index contributed by atoms with van der Waals surface area (Å²) in [5, 5.41) is 52.5. The molecule has 2 aliphatic heterocycles. The van der Waals surface area contributed by atoms with Crippen LogP contribution >= 0.6 is 11.8 Å². The summed E-state index contributed by atoms with van der Waals surface area (Å²) in [5.41, 5.74) is 20.1. The van der Waals surface area contributed by atoms with Gasteiger partial charge in [-0.1, -0.05) is 134 Å². The van der Waals surface area contributed by atoms with Crippen molar-refractivity contribution in [2.75, 3.05) is 58.9 Å². The third kappa shape index (κ3) is 31.6. The van der Waals surface area contributed by atoms with Crippen molar-refractivity contribution in [1.82, 2.24) is 103 Å². The van der Waals surface area contributed by atoms with Gasteiger partial charge in [-0.05, 0) is 98.9 Å². The molecule has 0 spiro atoms. The standard InChI is InChI=1S/C92H132N24O18S/c1-11-13-31-72-86(129)107-64(37-52(5)6)82(125)112-71(79(122)101-46-76(94)119)48-135-49-77(120)103-67(38-54-24-16-15-17-25-54)88(131)113(8)53(7)78(121)109-69(42-75(93)118)90(133)116-35-23-33-73(116)87(130)108-66(41-57-45-97-50-102-57)84(127)105-63(36-51(3)4)81(124)111-70(47-117)85(128)106-65(39-55-43-99-60-28-20-18-26-58(55)60)83(126)104-62(30-22-34-98-92(95)96)80(123)110-68(40-56-44-100-61-29-21-19-27-59(56)61)89(132)115(10)74(32-14-12-2)91(134)114(72)9/h15-21,24-29,43-45,50-53,62-74,99-100,117H,11-14,22-23,30-42,46-49H2,1-10H3,(H2,93,118)(H2,94,119)(H,97,102)(H,101,122)(H,103,120)(H,104,126)(H,105,127)(H,106,128)(H,107,129)(H,108,130)(H,109,121)(H,110,123)(H,111,124)(H,112,125)(H4,95,96,98)/t53-,62-,63-,64-,65-,66-,67-,68-,69-,70-,71-,72-,73-,74-/m0/s1. The number of H-pyrrole nitrogens is 3. The van der Waals surface area contributed by atoms with Gasteiger partial charge in [0.25, 0.3) is 0 Å². The largest absolute Gasteiger partial charge is 0.394 e. The van der Waals surface area contributed by atoms with E-state index in [1.165, 1.54) is 50.4 Å². The van der Waals surface area contributed by atoms with Gasteiger partial charge in [-0.25, -0.2) is 4.98 Å². The summed E-state index contributed by atoms with van der Waals surface area (Å²) in [6, 6.07) is 1.37. The molecule has 2 aliphatic rings. The normalized spacial score (nSPS) is 23.8. The van der Waals surface area contributed by atoms with Crippen molar-refractivity contribution in [3.8, 4) is 0 Å². The lowest BCUT2D eigenvalue weighted by molar-refractivity contribution is -0.149. The minimum Gasteiger partial charge on any atom is -0.394 e. The molecule has 734 valence electrons. The zero-order chi connectivity index (χ0) is 98.9. The first-order chi connectivity index (χ1) is 64.3. The molecule has 42 nitrogen and oxygen atoms in total. The van der Waals surface area contributed by atoms with E-state index < -0.39 is 216 Å². The molecule has 5 heterocycles. The third-order valence-corrected chi connectivity index (χ3v) is 24.8. The average Bonchev–Trinajstić information content (AvgIpc) is 1.77. The van der Waals surface area contributed by atoms with E-state index >= 15 is 28.8 Å². The van der Waals surface area contributed by atoms with Gasteiger partial charge in [-0.2, -0.15) is 0 Å². The highest BCUT2D eigenvalue weighted by atomic mass is 32.2. The number of aliphatic hydroxyl groups is 1. The number of amides is 17. The number of primary amides is 2. The predicted octanol–water partition coefficient (Wildman–Crippen LogP) is -1.07. The number of guanidine groups is 1. The molecule has 0 aliphatic carbocycles. The number of aromatic nitrogens is 4. The van der Waals surface area contributed by atoms with E-state index in [-0.39, 0.29) is 108 Å². The van der Waals surface area contributed by atoms with Crippen molar-refractivity contribution in [2.24, 2.45) is 29.0 Å². The van der Waals surface area contributed by atoms with E-state index in [9.17, 15) is 57.8 Å². The molecule has 43 heteroatoms. The summed E-state index contributed by atoms with van der Waals surface area (Å²) in [6.45, 7) is 10.2. The van der Waals surface area contributed by atoms with Crippen LogP contribution in [0.3, 0.4) is 0 Å². The summed E-state index contributed by atoms with van der Waals surface area (Å²) in [7, 11) is 4.04. The molecule has 2 fully saturated rings. The molecule has 14 atom stereocenters. The van der Waals surface area contributed by atoms with Crippen molar-refractivity contribution < 1.29 is 86.6 Å². The van der Waals surface area contributed by atoms with Gasteiger partial charge in [0.1, 0.15) is 84.6 Å². The number of hydrogen-bond donors (Lipinski definition) is 20. The monoisotopic (exact) mass is 1890 g/mol. The zero-order valence-electron chi connectivity index (χ0n) is 78.1. The van der Waals surface area contributed by atoms with Gasteiger partial charge in [0.2, 0.25) is 100 Å². The van der Waals surface area contributed by atoms with Gasteiger partial charge in [0.15, 0.2) is 5.96 Å². The number of hydrogen-bond acceptors (Lipinski definition) is 21. The minimum atomic E-state index is -1.87. The molecule has 23 N–H and O–H groups in total. The number of unbranched alkanes of at least 4 members (excludes halogenated alkanes) is 2. The number of aromatic amines is 3. The number of imidazole rings is 1. The Morgan fingerprint density at radius 2 is 1.01 bits per heavy atom. The van der Waals surface area contributed by atoms with Crippen molar-refractivity contribution in [3.05, 3.63) is 126 Å². The van der Waals surface area contributed by atoms with E-state index in [4.69, 9.17) is 22.6 Å². The smallest absolute Gasteiger partial charge is 0.246 e. The van der Waals surface area contributed by atoms with E-state index in [1.807, 2.05) is 13.8 Å². The number of fused-ring (bicyclic) bond motifs is 3. The first kappa shape index (κ1) is 107. The second kappa shape index (κ2) is 52.3. The lowest BCUT2D eigenvalue weighted by Gasteiger charge is -2.36. The van der Waals surface area contributed by atoms with Gasteiger partial charge in [-0.15, -0.1) is 11.8 Å². The van der Waals surface area contributed by atoms with Crippen LogP contribution in [-0.2, 0) is 107 Å². The van der Waals surface area contributed by atoms with Crippen molar-refractivity contribution in [1.29, 1.82) is 5.41 Å². The lowest BCUT2D eigenvalue weighted by Crippen LogP contribution is -2.62. The molecule has 135 heavy (non-hydrogen) atoms. The number of thioether (sulfide) groups is 1. The summed E-state index contributed by atoms with van der Waals surface area (Å²) < 4.78 is 0. The number of nitrogens with zero attached hydrogens (tertiary/aromatic N) is 5. The van der Waals surface area contributed by atoms with Crippen molar-refractivity contribution >= 4 is 140 Å². The summed E-state index contributed by atoms with van der Waals surface area (Å²) >= 11 is 0.827. The Kier molecular flexibility index (Phi) is 41.4. The summed E-state index contributed by atoms with van der Waals surface area (Å²) in [4.78, 5) is 268. The molecule has 3 aromatic carbocycles. The number of para-hydroxylation sites is 2. The number of likely N-dealkylation sites (N-methyl/N-ethyl adjacent to an activating group) is 3. The number of carbonyl (C=O) groups is 17. The van der Waals surface area contributed by atoms with E-state index in [2.05, 4.69) is 83.7 Å². The zero-order valence-corrected chi connectivity index (χ0v) is 78.9. The maximum Gasteiger partial charge on any atom is 0.246 e. The fourth-order valence-electron chi connectivity index (χ4n) is 16.3. The minimum absolute atomic E-state index is 0.00366. The number of carbonyl (C=O) groups excluding carboxylic acids is 17. The quantitative estimate of drug-likeness (QED) is 0.0158. The van der Waals surface area contributed by atoms with E-state index in [0.29, 0.717) is 69.9 Å². The highest BCUT2D eigenvalue weighted by Gasteiger charge is 2.44. The highest BCUT2D eigenvalue weighted by molar-refractivity contribution is 8.00. The molecular formula is C92H132N24O18S. The first-order valence-corrected chi connectivity index (χ1v) is 46.8. The Hall–Kier alpha value is -13.5. The molecular weight excluding hydrogens is 1760 g/mol. The molecule has 6 aromatic rings. The highest BCUT2D eigenvalue weighted by Crippen LogP contribution is 2.27. The number of aliphatic hydroxyl groups excluding tert-OH is 1. The summed E-state index contributed by atoms with van der Waals surface area (Å²) in [6.07, 6.45) is 5.89. The van der Waals surface area contributed by atoms with Gasteiger partial charge < -0.3 is 121 Å².